The molecule has 0 radical (unpaired) electrons. The van der Waals surface area contributed by atoms with Crippen molar-refractivity contribution in [2.75, 3.05) is 18.1 Å². The number of ether oxygens (including phenoxy) is 1. The summed E-state index contributed by atoms with van der Waals surface area (Å²) in [4.78, 5) is 37.7. The first-order valence-corrected chi connectivity index (χ1v) is 8.42. The summed E-state index contributed by atoms with van der Waals surface area (Å²) in [5.74, 6) is -0.904. The van der Waals surface area contributed by atoms with Crippen molar-refractivity contribution in [3.05, 3.63) is 29.8 Å². The van der Waals surface area contributed by atoms with Crippen molar-refractivity contribution in [3.8, 4) is 0 Å². The van der Waals surface area contributed by atoms with Gasteiger partial charge in [-0.05, 0) is 31.4 Å². The summed E-state index contributed by atoms with van der Waals surface area (Å²) in [6.07, 6.45) is 2.92. The first-order chi connectivity index (χ1) is 11.6. The summed E-state index contributed by atoms with van der Waals surface area (Å²) in [5.41, 5.74) is 0.855. The second-order valence-electron chi connectivity index (χ2n) is 5.82. The maximum absolute atomic E-state index is 12.3. The number of carbonyl (C=O) groups excluding carboxylic acids is 3. The number of esters is 1. The standard InChI is InChI=1S/C18H24N2O4/c1-3-13(4-2)19-16(21)12-24-18(23)14-8-5-6-9-15(14)20-11-7-10-17(20)22/h5-6,8-9,13H,3-4,7,10-12H2,1-2H3,(H,19,21). The lowest BCUT2D eigenvalue weighted by atomic mass is 10.1. The van der Waals surface area contributed by atoms with Gasteiger partial charge in [-0.3, -0.25) is 9.59 Å². The van der Waals surface area contributed by atoms with Gasteiger partial charge in [0.25, 0.3) is 5.91 Å². The van der Waals surface area contributed by atoms with Crippen LogP contribution in [0.25, 0.3) is 0 Å². The summed E-state index contributed by atoms with van der Waals surface area (Å²) in [7, 11) is 0. The molecule has 1 N–H and O–H groups in total. The molecule has 1 aliphatic heterocycles. The highest BCUT2D eigenvalue weighted by Crippen LogP contribution is 2.25. The maximum Gasteiger partial charge on any atom is 0.340 e. The molecular formula is C18H24N2O4. The Balaban J connectivity index is 2.00. The van der Waals surface area contributed by atoms with Crippen molar-refractivity contribution in [1.82, 2.24) is 5.32 Å². The van der Waals surface area contributed by atoms with Crippen molar-refractivity contribution >= 4 is 23.5 Å². The Morgan fingerprint density at radius 3 is 2.58 bits per heavy atom. The van der Waals surface area contributed by atoms with Gasteiger partial charge >= 0.3 is 5.97 Å². The van der Waals surface area contributed by atoms with Crippen molar-refractivity contribution < 1.29 is 19.1 Å². The summed E-state index contributed by atoms with van der Waals surface area (Å²) in [6.45, 7) is 4.25. The van der Waals surface area contributed by atoms with Crippen LogP contribution in [0.15, 0.2) is 24.3 Å². The van der Waals surface area contributed by atoms with Crippen LogP contribution in [0.1, 0.15) is 49.9 Å². The number of amides is 2. The zero-order valence-electron chi connectivity index (χ0n) is 14.2. The predicted octanol–water partition coefficient (Wildman–Crippen LogP) is 2.28. The monoisotopic (exact) mass is 332 g/mol. The molecule has 0 atom stereocenters. The molecule has 1 fully saturated rings. The Hall–Kier alpha value is -2.37. The summed E-state index contributed by atoms with van der Waals surface area (Å²) in [5, 5.41) is 2.82. The van der Waals surface area contributed by atoms with Gasteiger partial charge in [0.05, 0.1) is 11.3 Å². The molecule has 0 saturated carbocycles. The Kier molecular flexibility index (Phi) is 6.35. The second-order valence-corrected chi connectivity index (χ2v) is 5.82. The molecule has 6 heteroatoms. The number of benzene rings is 1. The van der Waals surface area contributed by atoms with E-state index in [1.54, 1.807) is 29.2 Å². The Labute approximate surface area is 142 Å². The SMILES string of the molecule is CCC(CC)NC(=O)COC(=O)c1ccccc1N1CCCC1=O. The zero-order valence-corrected chi connectivity index (χ0v) is 14.2. The van der Waals surface area contributed by atoms with E-state index in [9.17, 15) is 14.4 Å². The Morgan fingerprint density at radius 1 is 1.25 bits per heavy atom. The minimum absolute atomic E-state index is 0.00160. The van der Waals surface area contributed by atoms with Gasteiger partial charge in [-0.2, -0.15) is 0 Å². The van der Waals surface area contributed by atoms with E-state index >= 15 is 0 Å². The van der Waals surface area contributed by atoms with E-state index in [1.165, 1.54) is 0 Å². The molecular weight excluding hydrogens is 308 g/mol. The van der Waals surface area contributed by atoms with Crippen molar-refractivity contribution in [2.24, 2.45) is 0 Å². The molecule has 1 aromatic rings. The van der Waals surface area contributed by atoms with Crippen LogP contribution in [-0.2, 0) is 14.3 Å². The molecule has 1 aliphatic rings. The molecule has 24 heavy (non-hydrogen) atoms. The van der Waals surface area contributed by atoms with Crippen LogP contribution >= 0.6 is 0 Å². The van der Waals surface area contributed by atoms with Gasteiger partial charge in [-0.25, -0.2) is 4.79 Å². The van der Waals surface area contributed by atoms with Crippen molar-refractivity contribution in [3.63, 3.8) is 0 Å². The smallest absolute Gasteiger partial charge is 0.340 e. The van der Waals surface area contributed by atoms with Gasteiger partial charge in [-0.1, -0.05) is 26.0 Å². The lowest BCUT2D eigenvalue weighted by Crippen LogP contribution is -2.37. The van der Waals surface area contributed by atoms with Gasteiger partial charge in [0.2, 0.25) is 5.91 Å². The number of nitrogens with zero attached hydrogens (tertiary/aromatic N) is 1. The molecule has 0 unspecified atom stereocenters. The third-order valence-corrected chi connectivity index (χ3v) is 4.17. The number of carbonyl (C=O) groups is 3. The number of rotatable bonds is 7. The summed E-state index contributed by atoms with van der Waals surface area (Å²) < 4.78 is 5.13. The quantitative estimate of drug-likeness (QED) is 0.777. The predicted molar refractivity (Wildman–Crippen MR) is 90.8 cm³/mol. The van der Waals surface area contributed by atoms with Crippen LogP contribution in [0.3, 0.4) is 0 Å². The molecule has 130 valence electrons. The third-order valence-electron chi connectivity index (χ3n) is 4.17. The van der Waals surface area contributed by atoms with Crippen LogP contribution < -0.4 is 10.2 Å². The molecule has 2 amide bonds. The first-order valence-electron chi connectivity index (χ1n) is 8.42. The number of hydrogen-bond acceptors (Lipinski definition) is 4. The first kappa shape index (κ1) is 18.0. The number of hydrogen-bond donors (Lipinski definition) is 1. The number of nitrogens with one attached hydrogen (secondary N) is 1. The van der Waals surface area contributed by atoms with E-state index in [1.807, 2.05) is 13.8 Å². The molecule has 2 rings (SSSR count). The lowest BCUT2D eigenvalue weighted by molar-refractivity contribution is -0.125. The van der Waals surface area contributed by atoms with E-state index in [4.69, 9.17) is 4.74 Å². The highest BCUT2D eigenvalue weighted by Gasteiger charge is 2.26. The molecule has 0 bridgehead atoms. The highest BCUT2D eigenvalue weighted by molar-refractivity contribution is 6.03. The maximum atomic E-state index is 12.3. The van der Waals surface area contributed by atoms with E-state index in [0.29, 0.717) is 24.2 Å². The fraction of sp³-hybridized carbons (Fsp3) is 0.500. The van der Waals surface area contributed by atoms with E-state index < -0.39 is 5.97 Å². The molecule has 6 nitrogen and oxygen atoms in total. The number of anilines is 1. The molecule has 1 heterocycles. The zero-order chi connectivity index (χ0) is 17.5. The largest absolute Gasteiger partial charge is 0.452 e. The molecule has 1 aromatic carbocycles. The fourth-order valence-electron chi connectivity index (χ4n) is 2.76. The van der Waals surface area contributed by atoms with Crippen LogP contribution in [0.5, 0.6) is 0 Å². The van der Waals surface area contributed by atoms with Gasteiger partial charge in [0, 0.05) is 19.0 Å². The minimum Gasteiger partial charge on any atom is -0.452 e. The van der Waals surface area contributed by atoms with Crippen LogP contribution in [0.2, 0.25) is 0 Å². The van der Waals surface area contributed by atoms with E-state index in [2.05, 4.69) is 5.32 Å². The lowest BCUT2D eigenvalue weighted by Gasteiger charge is -2.19. The van der Waals surface area contributed by atoms with Crippen molar-refractivity contribution in [1.29, 1.82) is 0 Å². The second kappa shape index (κ2) is 8.47. The molecule has 0 aromatic heterocycles. The fourth-order valence-corrected chi connectivity index (χ4v) is 2.76. The van der Waals surface area contributed by atoms with E-state index in [0.717, 1.165) is 19.3 Å². The van der Waals surface area contributed by atoms with Gasteiger partial charge in [0.1, 0.15) is 0 Å². The third kappa shape index (κ3) is 4.34. The van der Waals surface area contributed by atoms with Crippen LogP contribution in [0, 0.1) is 0 Å². The van der Waals surface area contributed by atoms with Gasteiger partial charge in [0.15, 0.2) is 6.61 Å². The van der Waals surface area contributed by atoms with Crippen LogP contribution in [0.4, 0.5) is 5.69 Å². The number of para-hydroxylation sites is 1. The van der Waals surface area contributed by atoms with Gasteiger partial charge in [-0.15, -0.1) is 0 Å². The summed E-state index contributed by atoms with van der Waals surface area (Å²) in [6, 6.07) is 6.92. The molecule has 1 saturated heterocycles. The minimum atomic E-state index is -0.593. The van der Waals surface area contributed by atoms with Crippen LogP contribution in [-0.4, -0.2) is 37.0 Å². The van der Waals surface area contributed by atoms with Gasteiger partial charge < -0.3 is 15.0 Å². The topological polar surface area (TPSA) is 75.7 Å². The normalized spacial score (nSPS) is 14.1. The Bertz CT molecular complexity index is 611. The summed E-state index contributed by atoms with van der Waals surface area (Å²) >= 11 is 0. The average Bonchev–Trinajstić information content (AvgIpc) is 3.03. The van der Waals surface area contributed by atoms with E-state index in [-0.39, 0.29) is 24.5 Å². The average molecular weight is 332 g/mol. The molecule has 0 aliphatic carbocycles. The Morgan fingerprint density at radius 2 is 1.96 bits per heavy atom. The molecule has 0 spiro atoms. The highest BCUT2D eigenvalue weighted by atomic mass is 16.5. The van der Waals surface area contributed by atoms with Crippen molar-refractivity contribution in [2.45, 2.75) is 45.6 Å².